The molecule has 0 unspecified atom stereocenters. The Morgan fingerprint density at radius 1 is 0.810 bits per heavy atom. The van der Waals surface area contributed by atoms with Crippen LogP contribution in [0.4, 0.5) is 5.69 Å². The van der Waals surface area contributed by atoms with Gasteiger partial charge in [0.2, 0.25) is 0 Å². The van der Waals surface area contributed by atoms with Gasteiger partial charge in [-0.15, -0.1) is 0 Å². The first kappa shape index (κ1) is 27.9. The van der Waals surface area contributed by atoms with Crippen LogP contribution in [0.3, 0.4) is 0 Å². The maximum absolute atomic E-state index is 12.4. The minimum atomic E-state index is -0.906. The topological polar surface area (TPSA) is 107 Å². The molecule has 1 heterocycles. The molecule has 9 heteroatoms. The zero-order valence-electron chi connectivity index (χ0n) is 22.9. The number of benzene rings is 4. The second kappa shape index (κ2) is 13.6. The van der Waals surface area contributed by atoms with Crippen molar-refractivity contribution < 1.29 is 19.1 Å². The zero-order valence-corrected chi connectivity index (χ0v) is 22.9. The van der Waals surface area contributed by atoms with Crippen LogP contribution in [-0.4, -0.2) is 34.4 Å². The maximum Gasteiger partial charge on any atom is 0.329 e. The Bertz CT molecular complexity index is 1650. The van der Waals surface area contributed by atoms with Crippen LogP contribution in [0.15, 0.2) is 120 Å². The highest BCUT2D eigenvalue weighted by Crippen LogP contribution is 2.25. The Labute approximate surface area is 243 Å². The third-order valence-corrected chi connectivity index (χ3v) is 6.14. The molecule has 0 saturated heterocycles. The lowest BCUT2D eigenvalue weighted by Gasteiger charge is -2.07. The third kappa shape index (κ3) is 7.28. The minimum absolute atomic E-state index is 0.463. The first-order chi connectivity index (χ1) is 20.6. The van der Waals surface area contributed by atoms with Gasteiger partial charge in [-0.25, -0.2) is 10.1 Å². The molecule has 2 N–H and O–H groups in total. The van der Waals surface area contributed by atoms with Crippen molar-refractivity contribution in [3.05, 3.63) is 127 Å². The molecule has 5 aromatic rings. The van der Waals surface area contributed by atoms with Crippen molar-refractivity contribution in [3.8, 4) is 28.4 Å². The molecule has 1 aromatic heterocycles. The Kier molecular flexibility index (Phi) is 9.01. The number of hydrazone groups is 1. The SMILES string of the molecule is CCOc1ccc(NC(=O)C(=O)N/N=C\c2cn(-c3ccccc3)nc2-c2ccc(OCc3ccccc3)cc2)cc1. The Morgan fingerprint density at radius 2 is 1.45 bits per heavy atom. The molecule has 5 rings (SSSR count). The number of nitrogens with one attached hydrogen (secondary N) is 2. The summed E-state index contributed by atoms with van der Waals surface area (Å²) in [6.45, 7) is 2.88. The number of carbonyl (C=O) groups is 2. The van der Waals surface area contributed by atoms with Crippen LogP contribution >= 0.6 is 0 Å². The second-order valence-corrected chi connectivity index (χ2v) is 9.12. The number of aromatic nitrogens is 2. The van der Waals surface area contributed by atoms with E-state index in [4.69, 9.17) is 14.6 Å². The van der Waals surface area contributed by atoms with E-state index in [0.717, 1.165) is 22.6 Å². The molecule has 0 radical (unpaired) electrons. The number of amides is 2. The molecule has 0 bridgehead atoms. The van der Waals surface area contributed by atoms with Crippen LogP contribution in [0.2, 0.25) is 0 Å². The lowest BCUT2D eigenvalue weighted by Crippen LogP contribution is -2.32. The summed E-state index contributed by atoms with van der Waals surface area (Å²) < 4.78 is 13.0. The molecular weight excluding hydrogens is 530 g/mol. The second-order valence-electron chi connectivity index (χ2n) is 9.12. The number of hydrogen-bond donors (Lipinski definition) is 2. The largest absolute Gasteiger partial charge is 0.494 e. The van der Waals surface area contributed by atoms with E-state index < -0.39 is 11.8 Å². The summed E-state index contributed by atoms with van der Waals surface area (Å²) in [4.78, 5) is 24.8. The molecule has 9 nitrogen and oxygen atoms in total. The predicted molar refractivity (Wildman–Crippen MR) is 162 cm³/mol. The van der Waals surface area contributed by atoms with E-state index in [1.165, 1.54) is 6.21 Å². The summed E-state index contributed by atoms with van der Waals surface area (Å²) >= 11 is 0. The summed E-state index contributed by atoms with van der Waals surface area (Å²) in [6, 6.07) is 33.9. The highest BCUT2D eigenvalue weighted by molar-refractivity contribution is 6.39. The molecular formula is C33H29N5O4. The van der Waals surface area contributed by atoms with E-state index in [2.05, 4.69) is 15.8 Å². The van der Waals surface area contributed by atoms with Gasteiger partial charge in [-0.2, -0.15) is 10.2 Å². The highest BCUT2D eigenvalue weighted by Gasteiger charge is 2.15. The third-order valence-electron chi connectivity index (χ3n) is 6.14. The van der Waals surface area contributed by atoms with E-state index in [1.54, 1.807) is 35.1 Å². The van der Waals surface area contributed by atoms with Gasteiger partial charge in [-0.1, -0.05) is 48.5 Å². The number of carbonyl (C=O) groups excluding carboxylic acids is 2. The van der Waals surface area contributed by atoms with Gasteiger partial charge < -0.3 is 14.8 Å². The number of para-hydroxylation sites is 1. The van der Waals surface area contributed by atoms with Crippen LogP contribution in [0.5, 0.6) is 11.5 Å². The van der Waals surface area contributed by atoms with Crippen LogP contribution in [0.1, 0.15) is 18.1 Å². The van der Waals surface area contributed by atoms with E-state index in [1.807, 2.05) is 91.9 Å². The lowest BCUT2D eigenvalue weighted by atomic mass is 10.1. The van der Waals surface area contributed by atoms with Crippen molar-refractivity contribution in [3.63, 3.8) is 0 Å². The summed E-state index contributed by atoms with van der Waals surface area (Å²) in [7, 11) is 0. The van der Waals surface area contributed by atoms with Crippen molar-refractivity contribution in [1.82, 2.24) is 15.2 Å². The van der Waals surface area contributed by atoms with Gasteiger partial charge in [0, 0.05) is 23.0 Å². The minimum Gasteiger partial charge on any atom is -0.494 e. The van der Waals surface area contributed by atoms with Gasteiger partial charge in [0.1, 0.15) is 23.8 Å². The van der Waals surface area contributed by atoms with Crippen molar-refractivity contribution >= 4 is 23.7 Å². The molecule has 0 aliphatic heterocycles. The molecule has 4 aromatic carbocycles. The smallest absolute Gasteiger partial charge is 0.329 e. The van der Waals surface area contributed by atoms with Crippen molar-refractivity contribution in [2.75, 3.05) is 11.9 Å². The first-order valence-electron chi connectivity index (χ1n) is 13.4. The number of nitrogens with zero attached hydrogens (tertiary/aromatic N) is 3. The van der Waals surface area contributed by atoms with Gasteiger partial charge in [0.05, 0.1) is 18.5 Å². The summed E-state index contributed by atoms with van der Waals surface area (Å²) in [6.07, 6.45) is 3.27. The maximum atomic E-state index is 12.4. The van der Waals surface area contributed by atoms with Gasteiger partial charge in [0.25, 0.3) is 0 Å². The molecule has 210 valence electrons. The van der Waals surface area contributed by atoms with Crippen molar-refractivity contribution in [1.29, 1.82) is 0 Å². The van der Waals surface area contributed by atoms with Crippen LogP contribution in [0.25, 0.3) is 16.9 Å². The van der Waals surface area contributed by atoms with Crippen LogP contribution in [-0.2, 0) is 16.2 Å². The van der Waals surface area contributed by atoms with Gasteiger partial charge in [-0.3, -0.25) is 9.59 Å². The molecule has 0 saturated carbocycles. The monoisotopic (exact) mass is 559 g/mol. The molecule has 0 atom stereocenters. The zero-order chi connectivity index (χ0) is 29.1. The standard InChI is InChI=1S/C33H29N5O4/c1-2-41-29-19-15-27(16-20-29)35-32(39)33(40)36-34-21-26-22-38(28-11-7-4-8-12-28)37-31(26)25-13-17-30(18-14-25)42-23-24-9-5-3-6-10-24/h3-22H,2,23H2,1H3,(H,35,39)(H,36,40)/b34-21-. The average Bonchev–Trinajstić information content (AvgIpc) is 3.46. The normalized spacial score (nSPS) is 10.8. The number of ether oxygens (including phenoxy) is 2. The Hall–Kier alpha value is -5.70. The van der Waals surface area contributed by atoms with E-state index in [9.17, 15) is 9.59 Å². The highest BCUT2D eigenvalue weighted by atomic mass is 16.5. The number of anilines is 1. The quantitative estimate of drug-likeness (QED) is 0.132. The number of rotatable bonds is 10. The molecule has 0 fully saturated rings. The fourth-order valence-corrected chi connectivity index (χ4v) is 4.07. The van der Waals surface area contributed by atoms with Gasteiger partial charge in [0.15, 0.2) is 0 Å². The molecule has 2 amide bonds. The van der Waals surface area contributed by atoms with Crippen LogP contribution < -0.4 is 20.2 Å². The Balaban J connectivity index is 1.29. The fraction of sp³-hybridized carbons (Fsp3) is 0.0909. The molecule has 0 aliphatic carbocycles. The fourth-order valence-electron chi connectivity index (χ4n) is 4.07. The predicted octanol–water partition coefficient (Wildman–Crippen LogP) is 5.61. The van der Waals surface area contributed by atoms with E-state index in [0.29, 0.717) is 35.9 Å². The molecule has 42 heavy (non-hydrogen) atoms. The van der Waals surface area contributed by atoms with Crippen LogP contribution in [0, 0.1) is 0 Å². The summed E-state index contributed by atoms with van der Waals surface area (Å²) in [5, 5.41) is 11.3. The summed E-state index contributed by atoms with van der Waals surface area (Å²) in [5.74, 6) is -0.350. The number of hydrogen-bond acceptors (Lipinski definition) is 6. The Morgan fingerprint density at radius 3 is 2.14 bits per heavy atom. The van der Waals surface area contributed by atoms with E-state index in [-0.39, 0.29) is 0 Å². The summed E-state index contributed by atoms with van der Waals surface area (Å²) in [5.41, 5.74) is 6.81. The molecule has 0 aliphatic rings. The van der Waals surface area contributed by atoms with E-state index >= 15 is 0 Å². The van der Waals surface area contributed by atoms with Gasteiger partial charge >= 0.3 is 11.8 Å². The first-order valence-corrected chi connectivity index (χ1v) is 13.4. The van der Waals surface area contributed by atoms with Gasteiger partial charge in [-0.05, 0) is 73.2 Å². The lowest BCUT2D eigenvalue weighted by molar-refractivity contribution is -0.136. The average molecular weight is 560 g/mol. The van der Waals surface area contributed by atoms with Crippen molar-refractivity contribution in [2.45, 2.75) is 13.5 Å². The van der Waals surface area contributed by atoms with Crippen molar-refractivity contribution in [2.24, 2.45) is 5.10 Å². The molecule has 0 spiro atoms.